The Kier molecular flexibility index (Phi) is 4.87. The third-order valence-corrected chi connectivity index (χ3v) is 2.87. The van der Waals surface area contributed by atoms with E-state index in [-0.39, 0.29) is 0 Å². The van der Waals surface area contributed by atoms with E-state index >= 15 is 0 Å². The molecule has 0 amide bonds. The van der Waals surface area contributed by atoms with Crippen LogP contribution in [-0.2, 0) is 0 Å². The van der Waals surface area contributed by atoms with Crippen LogP contribution in [0.2, 0.25) is 0 Å². The van der Waals surface area contributed by atoms with Gasteiger partial charge in [-0.05, 0) is 37.8 Å². The number of amidine groups is 1. The molecule has 0 aromatic heterocycles. The second-order valence-electron chi connectivity index (χ2n) is 3.28. The van der Waals surface area contributed by atoms with Gasteiger partial charge >= 0.3 is 0 Å². The topological polar surface area (TPSA) is 39.4 Å². The van der Waals surface area contributed by atoms with Gasteiger partial charge in [-0.3, -0.25) is 0 Å². The van der Waals surface area contributed by atoms with Crippen LogP contribution in [0.3, 0.4) is 0 Å². The average molecular weight is 233 g/mol. The van der Waals surface area contributed by atoms with E-state index in [1.165, 1.54) is 17.3 Å². The zero-order chi connectivity index (χ0) is 12.0. The lowest BCUT2D eigenvalue weighted by atomic mass is 10.2. The molecular formula is C12H15N3S. The van der Waals surface area contributed by atoms with E-state index in [1.807, 2.05) is 36.4 Å². The van der Waals surface area contributed by atoms with Crippen molar-refractivity contribution in [3.05, 3.63) is 29.8 Å². The number of hydrogen-bond donors (Lipinski definition) is 0. The van der Waals surface area contributed by atoms with Gasteiger partial charge < -0.3 is 4.90 Å². The van der Waals surface area contributed by atoms with Crippen molar-refractivity contribution in [2.45, 2.75) is 13.8 Å². The molecule has 0 fully saturated rings. The van der Waals surface area contributed by atoms with E-state index in [0.29, 0.717) is 0 Å². The minimum Gasteiger partial charge on any atom is -0.321 e. The van der Waals surface area contributed by atoms with Gasteiger partial charge in [-0.15, -0.1) is 4.99 Å². The Hall–Kier alpha value is -1.47. The van der Waals surface area contributed by atoms with Crippen molar-refractivity contribution in [1.29, 1.82) is 5.26 Å². The van der Waals surface area contributed by atoms with Crippen molar-refractivity contribution in [2.75, 3.05) is 17.7 Å². The van der Waals surface area contributed by atoms with E-state index in [2.05, 4.69) is 24.0 Å². The molecule has 0 aliphatic heterocycles. The lowest BCUT2D eigenvalue weighted by molar-refractivity contribution is 1.06. The molecule has 1 rings (SSSR count). The molecule has 4 heteroatoms. The molecule has 0 atom stereocenters. The van der Waals surface area contributed by atoms with E-state index in [0.717, 1.165) is 17.4 Å². The van der Waals surface area contributed by atoms with Crippen molar-refractivity contribution in [2.24, 2.45) is 4.99 Å². The maximum absolute atomic E-state index is 8.64. The molecule has 16 heavy (non-hydrogen) atoms. The first-order chi connectivity index (χ1) is 7.72. The van der Waals surface area contributed by atoms with Gasteiger partial charge in [0.2, 0.25) is 6.19 Å². The number of aryl methyl sites for hydroxylation is 1. The molecule has 0 bridgehead atoms. The van der Waals surface area contributed by atoms with E-state index < -0.39 is 0 Å². The highest BCUT2D eigenvalue weighted by Crippen LogP contribution is 2.19. The molecule has 1 aromatic carbocycles. The highest BCUT2D eigenvalue weighted by molar-refractivity contribution is 8.13. The standard InChI is InChI=1S/C12H15N3S/c1-4-15(12(16-3)14-9-13)11-7-5-6-10(2)8-11/h5-8H,4H2,1-3H3. The third-order valence-electron chi connectivity index (χ3n) is 2.19. The SMILES string of the molecule is CCN(C(=NC#N)SC)c1cccc(C)c1. The highest BCUT2D eigenvalue weighted by Gasteiger charge is 2.10. The molecule has 1 aromatic rings. The number of thioether (sulfide) groups is 1. The minimum absolute atomic E-state index is 0.732. The predicted molar refractivity (Wildman–Crippen MR) is 70.8 cm³/mol. The number of nitrogens with zero attached hydrogens (tertiary/aromatic N) is 3. The molecule has 0 heterocycles. The number of nitriles is 1. The Morgan fingerprint density at radius 2 is 2.31 bits per heavy atom. The van der Waals surface area contributed by atoms with Gasteiger partial charge in [-0.1, -0.05) is 23.9 Å². The van der Waals surface area contributed by atoms with Gasteiger partial charge in [0.1, 0.15) is 0 Å². The van der Waals surface area contributed by atoms with E-state index in [1.54, 1.807) is 0 Å². The normalized spacial score (nSPS) is 11.0. The first-order valence-corrected chi connectivity index (χ1v) is 6.30. The Morgan fingerprint density at radius 3 is 2.81 bits per heavy atom. The zero-order valence-corrected chi connectivity index (χ0v) is 10.6. The summed E-state index contributed by atoms with van der Waals surface area (Å²) in [4.78, 5) is 5.86. The van der Waals surface area contributed by atoms with Crippen LogP contribution < -0.4 is 4.90 Å². The summed E-state index contributed by atoms with van der Waals surface area (Å²) in [6.07, 6.45) is 3.77. The van der Waals surface area contributed by atoms with Crippen LogP contribution in [0.25, 0.3) is 0 Å². The summed E-state index contributed by atoms with van der Waals surface area (Å²) in [6, 6.07) is 8.18. The highest BCUT2D eigenvalue weighted by atomic mass is 32.2. The van der Waals surface area contributed by atoms with Crippen LogP contribution in [0, 0.1) is 18.4 Å². The fourth-order valence-corrected chi connectivity index (χ4v) is 2.07. The van der Waals surface area contributed by atoms with Crippen molar-refractivity contribution in [1.82, 2.24) is 0 Å². The lowest BCUT2D eigenvalue weighted by Gasteiger charge is -2.22. The zero-order valence-electron chi connectivity index (χ0n) is 9.77. The van der Waals surface area contributed by atoms with Gasteiger partial charge in [-0.25, -0.2) is 0 Å². The molecule has 0 N–H and O–H groups in total. The Balaban J connectivity index is 3.07. The molecule has 0 spiro atoms. The third kappa shape index (κ3) is 3.01. The van der Waals surface area contributed by atoms with Gasteiger partial charge in [-0.2, -0.15) is 5.26 Å². The summed E-state index contributed by atoms with van der Waals surface area (Å²) in [5.74, 6) is 0. The van der Waals surface area contributed by atoms with E-state index in [9.17, 15) is 0 Å². The molecule has 0 saturated heterocycles. The molecule has 3 nitrogen and oxygen atoms in total. The van der Waals surface area contributed by atoms with Crippen LogP contribution in [0.1, 0.15) is 12.5 Å². The number of hydrogen-bond acceptors (Lipinski definition) is 3. The molecule has 84 valence electrons. The molecule has 0 saturated carbocycles. The summed E-state index contributed by atoms with van der Waals surface area (Å²) in [6.45, 7) is 4.90. The summed E-state index contributed by atoms with van der Waals surface area (Å²) < 4.78 is 0. The second-order valence-corrected chi connectivity index (χ2v) is 4.06. The minimum atomic E-state index is 0.732. The second kappa shape index (κ2) is 6.19. The van der Waals surface area contributed by atoms with Gasteiger partial charge in [0, 0.05) is 12.2 Å². The monoisotopic (exact) mass is 233 g/mol. The first kappa shape index (κ1) is 12.6. The van der Waals surface area contributed by atoms with Crippen LogP contribution in [0.15, 0.2) is 29.3 Å². The molecule has 0 radical (unpaired) electrons. The maximum atomic E-state index is 8.64. The van der Waals surface area contributed by atoms with Crippen molar-refractivity contribution < 1.29 is 0 Å². The van der Waals surface area contributed by atoms with Gasteiger partial charge in [0.05, 0.1) is 0 Å². The Morgan fingerprint density at radius 1 is 1.56 bits per heavy atom. The van der Waals surface area contributed by atoms with Crippen LogP contribution in [-0.4, -0.2) is 18.0 Å². The van der Waals surface area contributed by atoms with Crippen LogP contribution in [0.4, 0.5) is 5.69 Å². The van der Waals surface area contributed by atoms with Crippen LogP contribution >= 0.6 is 11.8 Å². The summed E-state index contributed by atoms with van der Waals surface area (Å²) in [7, 11) is 0. The largest absolute Gasteiger partial charge is 0.321 e. The van der Waals surface area contributed by atoms with E-state index in [4.69, 9.17) is 5.26 Å². The maximum Gasteiger partial charge on any atom is 0.208 e. The summed E-state index contributed by atoms with van der Waals surface area (Å²) >= 11 is 1.48. The van der Waals surface area contributed by atoms with Gasteiger partial charge in [0.15, 0.2) is 5.17 Å². The Labute approximate surface area is 101 Å². The number of anilines is 1. The molecular weight excluding hydrogens is 218 g/mol. The average Bonchev–Trinajstić information content (AvgIpc) is 2.29. The number of rotatable bonds is 2. The van der Waals surface area contributed by atoms with Crippen molar-refractivity contribution in [3.8, 4) is 6.19 Å². The smallest absolute Gasteiger partial charge is 0.208 e. The first-order valence-electron chi connectivity index (χ1n) is 5.08. The summed E-state index contributed by atoms with van der Waals surface area (Å²) in [5.41, 5.74) is 2.28. The lowest BCUT2D eigenvalue weighted by Crippen LogP contribution is -2.28. The van der Waals surface area contributed by atoms with Gasteiger partial charge in [0.25, 0.3) is 0 Å². The Bertz CT molecular complexity index is 421. The quantitative estimate of drug-likeness (QED) is 0.448. The van der Waals surface area contributed by atoms with Crippen molar-refractivity contribution in [3.63, 3.8) is 0 Å². The molecule has 0 aliphatic carbocycles. The number of aliphatic imine (C=N–C) groups is 1. The number of benzene rings is 1. The fourth-order valence-electron chi connectivity index (χ4n) is 1.48. The molecule has 0 aliphatic rings. The summed E-state index contributed by atoms with van der Waals surface area (Å²) in [5, 5.41) is 9.37. The molecule has 0 unspecified atom stereocenters. The fraction of sp³-hybridized carbons (Fsp3) is 0.333. The van der Waals surface area contributed by atoms with Crippen LogP contribution in [0.5, 0.6) is 0 Å². The van der Waals surface area contributed by atoms with Crippen molar-refractivity contribution >= 4 is 22.6 Å². The predicted octanol–water partition coefficient (Wildman–Crippen LogP) is 3.02.